The van der Waals surface area contributed by atoms with Crippen LogP contribution in [0.5, 0.6) is 0 Å². The second-order valence-corrected chi connectivity index (χ2v) is 3.59. The largest absolute Gasteiger partial charge is 0.399 e. The molecule has 0 saturated heterocycles. The first-order valence-corrected chi connectivity index (χ1v) is 5.03. The van der Waals surface area contributed by atoms with Gasteiger partial charge >= 0.3 is 5.69 Å². The highest BCUT2D eigenvalue weighted by molar-refractivity contribution is 5.80. The molecule has 0 fully saturated rings. The predicted octanol–water partition coefficient (Wildman–Crippen LogP) is 0.691. The molecule has 17 heavy (non-hydrogen) atoms. The summed E-state index contributed by atoms with van der Waals surface area (Å²) >= 11 is 0. The first-order valence-electron chi connectivity index (χ1n) is 5.03. The van der Waals surface area contributed by atoms with Crippen molar-refractivity contribution in [3.8, 4) is 5.95 Å². The Hall–Kier alpha value is -2.63. The van der Waals surface area contributed by atoms with E-state index in [1.165, 1.54) is 4.57 Å². The number of H-pyrrole nitrogens is 1. The molecule has 2 aromatic heterocycles. The van der Waals surface area contributed by atoms with Crippen molar-refractivity contribution in [1.82, 2.24) is 19.5 Å². The van der Waals surface area contributed by atoms with Gasteiger partial charge in [0.05, 0.1) is 11.0 Å². The number of nitrogens with one attached hydrogen (secondary N) is 1. The normalized spacial score (nSPS) is 10.8. The van der Waals surface area contributed by atoms with Crippen LogP contribution in [0.4, 0.5) is 5.69 Å². The maximum atomic E-state index is 11.8. The first kappa shape index (κ1) is 9.59. The lowest BCUT2D eigenvalue weighted by molar-refractivity contribution is 0.909. The summed E-state index contributed by atoms with van der Waals surface area (Å²) in [7, 11) is 0. The highest BCUT2D eigenvalue weighted by Crippen LogP contribution is 2.15. The van der Waals surface area contributed by atoms with Gasteiger partial charge in [-0.1, -0.05) is 0 Å². The summed E-state index contributed by atoms with van der Waals surface area (Å²) in [5, 5.41) is 0. The van der Waals surface area contributed by atoms with Crippen molar-refractivity contribution in [2.24, 2.45) is 0 Å². The zero-order valence-electron chi connectivity index (χ0n) is 8.79. The van der Waals surface area contributed by atoms with E-state index in [2.05, 4.69) is 15.0 Å². The number of nitrogens with zero attached hydrogens (tertiary/aromatic N) is 3. The number of nitrogens with two attached hydrogens (primary N) is 1. The second kappa shape index (κ2) is 3.44. The predicted molar refractivity (Wildman–Crippen MR) is 63.9 cm³/mol. The molecule has 0 aliphatic carbocycles. The van der Waals surface area contributed by atoms with Gasteiger partial charge in [-0.25, -0.2) is 19.3 Å². The smallest absolute Gasteiger partial charge is 0.333 e. The third kappa shape index (κ3) is 1.46. The fraction of sp³-hybridized carbons (Fsp3) is 0. The molecule has 0 bridgehead atoms. The van der Waals surface area contributed by atoms with Crippen LogP contribution >= 0.6 is 0 Å². The molecule has 0 radical (unpaired) electrons. The maximum Gasteiger partial charge on any atom is 0.333 e. The molecule has 3 rings (SSSR count). The lowest BCUT2D eigenvalue weighted by Crippen LogP contribution is -2.16. The Balaban J connectivity index is 2.40. The van der Waals surface area contributed by atoms with Crippen LogP contribution in [0, 0.1) is 0 Å². The van der Waals surface area contributed by atoms with Crippen molar-refractivity contribution < 1.29 is 0 Å². The molecule has 3 aromatic rings. The molecular formula is C11H9N5O. The van der Waals surface area contributed by atoms with E-state index < -0.39 is 0 Å². The lowest BCUT2D eigenvalue weighted by Gasteiger charge is -2.00. The topological polar surface area (TPSA) is 89.6 Å². The third-order valence-corrected chi connectivity index (χ3v) is 2.46. The molecule has 1 aromatic carbocycles. The highest BCUT2D eigenvalue weighted by atomic mass is 16.1. The van der Waals surface area contributed by atoms with Crippen molar-refractivity contribution >= 4 is 16.7 Å². The summed E-state index contributed by atoms with van der Waals surface area (Å²) in [5.41, 5.74) is 7.39. The summed E-state index contributed by atoms with van der Waals surface area (Å²) in [6.07, 6.45) is 3.17. The third-order valence-electron chi connectivity index (χ3n) is 2.46. The van der Waals surface area contributed by atoms with E-state index in [-0.39, 0.29) is 5.69 Å². The SMILES string of the molecule is Nc1ccc2[nH]c(=O)n(-c3ncccn3)c2c1. The maximum absolute atomic E-state index is 11.8. The molecule has 0 atom stereocenters. The summed E-state index contributed by atoms with van der Waals surface area (Å²) in [6.45, 7) is 0. The minimum atomic E-state index is -0.281. The van der Waals surface area contributed by atoms with Crippen molar-refractivity contribution in [3.63, 3.8) is 0 Å². The molecular weight excluding hydrogens is 218 g/mol. The zero-order valence-corrected chi connectivity index (χ0v) is 8.79. The van der Waals surface area contributed by atoms with Gasteiger partial charge < -0.3 is 10.7 Å². The van der Waals surface area contributed by atoms with Crippen LogP contribution in [-0.2, 0) is 0 Å². The van der Waals surface area contributed by atoms with E-state index >= 15 is 0 Å². The van der Waals surface area contributed by atoms with Gasteiger partial charge in [-0.15, -0.1) is 0 Å². The minimum Gasteiger partial charge on any atom is -0.399 e. The van der Waals surface area contributed by atoms with Crippen LogP contribution < -0.4 is 11.4 Å². The van der Waals surface area contributed by atoms with Gasteiger partial charge in [0, 0.05) is 18.1 Å². The van der Waals surface area contributed by atoms with Gasteiger partial charge in [-0.2, -0.15) is 0 Å². The molecule has 0 spiro atoms. The van der Waals surface area contributed by atoms with Crippen LogP contribution in [0.25, 0.3) is 17.0 Å². The Morgan fingerprint density at radius 2 is 2.00 bits per heavy atom. The molecule has 6 nitrogen and oxygen atoms in total. The number of aromatic nitrogens is 4. The van der Waals surface area contributed by atoms with Crippen LogP contribution in [0.15, 0.2) is 41.5 Å². The number of fused-ring (bicyclic) bond motifs is 1. The standard InChI is InChI=1S/C11H9N5O/c12-7-2-3-8-9(6-7)16(11(17)15-8)10-13-4-1-5-14-10/h1-6H,12H2,(H,15,17). The number of nitrogen functional groups attached to an aromatic ring is 1. The number of hydrogen-bond donors (Lipinski definition) is 2. The molecule has 2 heterocycles. The van der Waals surface area contributed by atoms with E-state index in [0.717, 1.165) is 0 Å². The highest BCUT2D eigenvalue weighted by Gasteiger charge is 2.10. The number of aromatic amines is 1. The van der Waals surface area contributed by atoms with E-state index in [0.29, 0.717) is 22.7 Å². The van der Waals surface area contributed by atoms with E-state index in [1.807, 2.05) is 0 Å². The lowest BCUT2D eigenvalue weighted by atomic mass is 10.3. The molecule has 84 valence electrons. The quantitative estimate of drug-likeness (QED) is 0.598. The minimum absolute atomic E-state index is 0.281. The molecule has 0 saturated carbocycles. The zero-order chi connectivity index (χ0) is 11.8. The van der Waals surface area contributed by atoms with E-state index in [4.69, 9.17) is 5.73 Å². The van der Waals surface area contributed by atoms with Crippen molar-refractivity contribution in [2.45, 2.75) is 0 Å². The number of benzene rings is 1. The molecule has 0 unspecified atom stereocenters. The number of anilines is 1. The van der Waals surface area contributed by atoms with Crippen LogP contribution in [0.2, 0.25) is 0 Å². The first-order chi connectivity index (χ1) is 8.25. The summed E-state index contributed by atoms with van der Waals surface area (Å²) < 4.78 is 1.39. The Morgan fingerprint density at radius 1 is 1.24 bits per heavy atom. The molecule has 3 N–H and O–H groups in total. The fourth-order valence-corrected chi connectivity index (χ4v) is 1.73. The van der Waals surface area contributed by atoms with Crippen LogP contribution in [-0.4, -0.2) is 19.5 Å². The number of hydrogen-bond acceptors (Lipinski definition) is 4. The van der Waals surface area contributed by atoms with Gasteiger partial charge in [0.15, 0.2) is 0 Å². The van der Waals surface area contributed by atoms with Crippen LogP contribution in [0.3, 0.4) is 0 Å². The Labute approximate surface area is 95.7 Å². The van der Waals surface area contributed by atoms with Crippen molar-refractivity contribution in [3.05, 3.63) is 47.1 Å². The summed E-state index contributed by atoms with van der Waals surface area (Å²) in [5.74, 6) is 0.328. The average molecular weight is 227 g/mol. The average Bonchev–Trinajstić information content (AvgIpc) is 2.65. The van der Waals surface area contributed by atoms with Gasteiger partial charge in [0.25, 0.3) is 0 Å². The van der Waals surface area contributed by atoms with Crippen LogP contribution in [0.1, 0.15) is 0 Å². The molecule has 0 amide bonds. The van der Waals surface area contributed by atoms with E-state index in [9.17, 15) is 4.79 Å². The number of imidazole rings is 1. The summed E-state index contributed by atoms with van der Waals surface area (Å²) in [6, 6.07) is 6.89. The Morgan fingerprint density at radius 3 is 2.76 bits per heavy atom. The number of rotatable bonds is 1. The fourth-order valence-electron chi connectivity index (χ4n) is 1.73. The van der Waals surface area contributed by atoms with Gasteiger partial charge in [0.2, 0.25) is 5.95 Å². The van der Waals surface area contributed by atoms with Crippen molar-refractivity contribution in [2.75, 3.05) is 5.73 Å². The Kier molecular flexibility index (Phi) is 1.94. The molecule has 0 aliphatic rings. The van der Waals surface area contributed by atoms with Crippen molar-refractivity contribution in [1.29, 1.82) is 0 Å². The van der Waals surface area contributed by atoms with E-state index in [1.54, 1.807) is 36.7 Å². The monoisotopic (exact) mass is 227 g/mol. The van der Waals surface area contributed by atoms with Gasteiger partial charge in [-0.05, 0) is 24.3 Å². The summed E-state index contributed by atoms with van der Waals surface area (Å²) in [4.78, 5) is 22.7. The van der Waals surface area contributed by atoms with Gasteiger partial charge in [0.1, 0.15) is 0 Å². The molecule has 0 aliphatic heterocycles. The van der Waals surface area contributed by atoms with Gasteiger partial charge in [-0.3, -0.25) is 0 Å². The Bertz CT molecular complexity index is 728. The molecule has 6 heteroatoms. The second-order valence-electron chi connectivity index (χ2n) is 3.59.